The zero-order valence-corrected chi connectivity index (χ0v) is 6.71. The summed E-state index contributed by atoms with van der Waals surface area (Å²) in [5, 5.41) is 9.27. The van der Waals surface area contributed by atoms with Gasteiger partial charge in [0.25, 0.3) is 0 Å². The lowest BCUT2D eigenvalue weighted by Crippen LogP contribution is -2.25. The molecule has 0 fully saturated rings. The summed E-state index contributed by atoms with van der Waals surface area (Å²) < 4.78 is 12.7. The van der Waals surface area contributed by atoms with Crippen molar-refractivity contribution >= 4 is 0 Å². The van der Waals surface area contributed by atoms with Crippen LogP contribution in [0.15, 0.2) is 18.2 Å². The van der Waals surface area contributed by atoms with Crippen molar-refractivity contribution in [2.75, 3.05) is 0 Å². The van der Waals surface area contributed by atoms with E-state index in [2.05, 4.69) is 5.43 Å². The van der Waals surface area contributed by atoms with Crippen LogP contribution in [-0.4, -0.2) is 5.11 Å². The number of phenolic OH excluding ortho intramolecular Hbond substituents is 1. The number of hydrogen-bond donors (Lipinski definition) is 3. The van der Waals surface area contributed by atoms with E-state index in [0.29, 0.717) is 5.56 Å². The second-order valence-electron chi connectivity index (χ2n) is 2.59. The molecule has 0 spiro atoms. The largest absolute Gasteiger partial charge is 0.508 e. The molecule has 0 aromatic heterocycles. The molecule has 0 bridgehead atoms. The third-order valence-corrected chi connectivity index (χ3v) is 1.71. The average molecular weight is 170 g/mol. The second-order valence-corrected chi connectivity index (χ2v) is 2.59. The van der Waals surface area contributed by atoms with Gasteiger partial charge in [-0.15, -0.1) is 0 Å². The maximum absolute atomic E-state index is 12.7. The molecule has 0 aliphatic rings. The molecule has 1 rings (SSSR count). The average Bonchev–Trinajstić information content (AvgIpc) is 2.08. The second kappa shape index (κ2) is 3.51. The van der Waals surface area contributed by atoms with E-state index >= 15 is 0 Å². The number of nitrogens with one attached hydrogen (secondary N) is 1. The van der Waals surface area contributed by atoms with Crippen LogP contribution in [0.4, 0.5) is 4.39 Å². The first-order chi connectivity index (χ1) is 5.65. The maximum atomic E-state index is 12.7. The van der Waals surface area contributed by atoms with Crippen molar-refractivity contribution in [1.82, 2.24) is 5.43 Å². The highest BCUT2D eigenvalue weighted by Crippen LogP contribution is 2.23. The van der Waals surface area contributed by atoms with Crippen molar-refractivity contribution in [3.05, 3.63) is 29.6 Å². The zero-order valence-electron chi connectivity index (χ0n) is 6.71. The van der Waals surface area contributed by atoms with Crippen LogP contribution >= 0.6 is 0 Å². The minimum atomic E-state index is -0.384. The topological polar surface area (TPSA) is 58.3 Å². The van der Waals surface area contributed by atoms with E-state index in [1.54, 1.807) is 6.92 Å². The molecule has 4 N–H and O–H groups in total. The maximum Gasteiger partial charge on any atom is 0.123 e. The van der Waals surface area contributed by atoms with E-state index in [9.17, 15) is 9.50 Å². The summed E-state index contributed by atoms with van der Waals surface area (Å²) in [6, 6.07) is 3.49. The lowest BCUT2D eigenvalue weighted by Gasteiger charge is -2.11. The van der Waals surface area contributed by atoms with Crippen LogP contribution in [-0.2, 0) is 0 Å². The van der Waals surface area contributed by atoms with Gasteiger partial charge in [0.15, 0.2) is 0 Å². The van der Waals surface area contributed by atoms with E-state index in [-0.39, 0.29) is 17.6 Å². The molecule has 0 aliphatic heterocycles. The summed E-state index contributed by atoms with van der Waals surface area (Å²) in [7, 11) is 0. The molecule has 0 radical (unpaired) electrons. The fourth-order valence-corrected chi connectivity index (χ4v) is 0.962. The summed E-state index contributed by atoms with van der Waals surface area (Å²) >= 11 is 0. The van der Waals surface area contributed by atoms with Gasteiger partial charge in [-0.25, -0.2) is 4.39 Å². The Balaban J connectivity index is 3.04. The van der Waals surface area contributed by atoms with E-state index in [1.807, 2.05) is 0 Å². The number of hydrazine groups is 1. The first kappa shape index (κ1) is 8.96. The van der Waals surface area contributed by atoms with Crippen molar-refractivity contribution in [2.24, 2.45) is 5.84 Å². The highest BCUT2D eigenvalue weighted by atomic mass is 19.1. The Morgan fingerprint density at radius 3 is 2.83 bits per heavy atom. The van der Waals surface area contributed by atoms with Crippen LogP contribution in [0.25, 0.3) is 0 Å². The Bertz CT molecular complexity index is 278. The Morgan fingerprint density at radius 1 is 1.58 bits per heavy atom. The molecule has 1 aromatic carbocycles. The number of nitrogens with two attached hydrogens (primary N) is 1. The lowest BCUT2D eigenvalue weighted by atomic mass is 10.1. The number of halogens is 1. The van der Waals surface area contributed by atoms with Gasteiger partial charge in [0.05, 0.1) is 0 Å². The Morgan fingerprint density at radius 2 is 2.25 bits per heavy atom. The highest BCUT2D eigenvalue weighted by Gasteiger charge is 2.08. The SMILES string of the molecule is CC(NN)c1cc(F)ccc1O. The number of aromatic hydroxyl groups is 1. The van der Waals surface area contributed by atoms with E-state index in [4.69, 9.17) is 5.84 Å². The molecule has 1 aromatic rings. The van der Waals surface area contributed by atoms with Crippen molar-refractivity contribution < 1.29 is 9.50 Å². The Labute approximate surface area is 70.0 Å². The molecule has 4 heteroatoms. The normalized spacial score (nSPS) is 12.9. The van der Waals surface area contributed by atoms with E-state index in [0.717, 1.165) is 0 Å². The molecule has 1 atom stereocenters. The van der Waals surface area contributed by atoms with Gasteiger partial charge < -0.3 is 5.11 Å². The first-order valence-electron chi connectivity index (χ1n) is 3.59. The van der Waals surface area contributed by atoms with Gasteiger partial charge in [0, 0.05) is 11.6 Å². The van der Waals surface area contributed by atoms with Crippen LogP contribution in [0.5, 0.6) is 5.75 Å². The molecule has 0 amide bonds. The van der Waals surface area contributed by atoms with Crippen LogP contribution < -0.4 is 11.3 Å². The van der Waals surface area contributed by atoms with Gasteiger partial charge in [-0.3, -0.25) is 11.3 Å². The van der Waals surface area contributed by atoms with Crippen molar-refractivity contribution in [2.45, 2.75) is 13.0 Å². The molecule has 1 unspecified atom stereocenters. The summed E-state index contributed by atoms with van der Waals surface area (Å²) in [5.41, 5.74) is 2.88. The quantitative estimate of drug-likeness (QED) is 0.459. The number of phenols is 1. The van der Waals surface area contributed by atoms with Gasteiger partial charge in [-0.2, -0.15) is 0 Å². The summed E-state index contributed by atoms with van der Waals surface area (Å²) in [6.45, 7) is 1.73. The van der Waals surface area contributed by atoms with Crippen molar-refractivity contribution in [1.29, 1.82) is 0 Å². The highest BCUT2D eigenvalue weighted by molar-refractivity contribution is 5.34. The Hall–Kier alpha value is -1.13. The molecule has 0 saturated carbocycles. The number of benzene rings is 1. The van der Waals surface area contributed by atoms with E-state index in [1.165, 1.54) is 18.2 Å². The molecular formula is C8H11FN2O. The van der Waals surface area contributed by atoms with Crippen LogP contribution in [0.3, 0.4) is 0 Å². The van der Waals surface area contributed by atoms with Crippen LogP contribution in [0, 0.1) is 5.82 Å². The molecular weight excluding hydrogens is 159 g/mol. The van der Waals surface area contributed by atoms with Gasteiger partial charge in [-0.1, -0.05) is 0 Å². The molecule has 0 aliphatic carbocycles. The predicted molar refractivity (Wildman–Crippen MR) is 43.8 cm³/mol. The first-order valence-corrected chi connectivity index (χ1v) is 3.59. The van der Waals surface area contributed by atoms with E-state index < -0.39 is 0 Å². The molecule has 66 valence electrons. The van der Waals surface area contributed by atoms with Gasteiger partial charge in [0.1, 0.15) is 11.6 Å². The summed E-state index contributed by atoms with van der Waals surface area (Å²) in [5.74, 6) is 4.80. The van der Waals surface area contributed by atoms with Gasteiger partial charge in [-0.05, 0) is 25.1 Å². The predicted octanol–water partition coefficient (Wildman–Crippen LogP) is 1.06. The fourth-order valence-electron chi connectivity index (χ4n) is 0.962. The third-order valence-electron chi connectivity index (χ3n) is 1.71. The summed E-state index contributed by atoms with van der Waals surface area (Å²) in [4.78, 5) is 0. The molecule has 12 heavy (non-hydrogen) atoms. The molecule has 0 saturated heterocycles. The monoisotopic (exact) mass is 170 g/mol. The van der Waals surface area contributed by atoms with Gasteiger partial charge >= 0.3 is 0 Å². The van der Waals surface area contributed by atoms with Crippen molar-refractivity contribution in [3.8, 4) is 5.75 Å². The third kappa shape index (κ3) is 1.72. The Kier molecular flexibility index (Phi) is 2.62. The van der Waals surface area contributed by atoms with Crippen LogP contribution in [0.2, 0.25) is 0 Å². The lowest BCUT2D eigenvalue weighted by molar-refractivity contribution is 0.451. The number of rotatable bonds is 2. The summed E-state index contributed by atoms with van der Waals surface area (Å²) in [6.07, 6.45) is 0. The molecule has 0 heterocycles. The standard InChI is InChI=1S/C8H11FN2O/c1-5(11-10)7-4-6(9)2-3-8(7)12/h2-5,11-12H,10H2,1H3. The number of hydrogen-bond acceptors (Lipinski definition) is 3. The fraction of sp³-hybridized carbons (Fsp3) is 0.250. The smallest absolute Gasteiger partial charge is 0.123 e. The zero-order chi connectivity index (χ0) is 9.14. The van der Waals surface area contributed by atoms with Crippen molar-refractivity contribution in [3.63, 3.8) is 0 Å². The van der Waals surface area contributed by atoms with Gasteiger partial charge in [0.2, 0.25) is 0 Å². The minimum Gasteiger partial charge on any atom is -0.508 e. The van der Waals surface area contributed by atoms with Crippen LogP contribution in [0.1, 0.15) is 18.5 Å². The molecule has 3 nitrogen and oxygen atoms in total. The minimum absolute atomic E-state index is 0.0434.